The molecule has 0 radical (unpaired) electrons. The summed E-state index contributed by atoms with van der Waals surface area (Å²) in [6.07, 6.45) is -0.427. The van der Waals surface area contributed by atoms with Crippen molar-refractivity contribution in [3.05, 3.63) is 0 Å². The highest BCUT2D eigenvalue weighted by molar-refractivity contribution is 5.68. The largest absolute Gasteiger partial charge is 0.444 e. The molecule has 1 N–H and O–H groups in total. The lowest BCUT2D eigenvalue weighted by Crippen LogP contribution is -2.44. The van der Waals surface area contributed by atoms with Crippen LogP contribution in [0.5, 0.6) is 0 Å². The van der Waals surface area contributed by atoms with E-state index >= 15 is 0 Å². The molecule has 1 aliphatic heterocycles. The van der Waals surface area contributed by atoms with Crippen LogP contribution in [0.15, 0.2) is 10.2 Å². The molecular formula is C9H17N3O2. The Kier molecular flexibility index (Phi) is 2.52. The Morgan fingerprint density at radius 1 is 1.43 bits per heavy atom. The first kappa shape index (κ1) is 10.9. The lowest BCUT2D eigenvalue weighted by Gasteiger charge is -2.22. The summed E-state index contributed by atoms with van der Waals surface area (Å²) < 4.78 is 5.10. The summed E-state index contributed by atoms with van der Waals surface area (Å²) in [6, 6.07) is -0.127. The molecule has 1 amide bonds. The van der Waals surface area contributed by atoms with Gasteiger partial charge in [0.25, 0.3) is 0 Å². The molecule has 1 aliphatic rings. The Labute approximate surface area is 83.9 Å². The van der Waals surface area contributed by atoms with Gasteiger partial charge in [-0.1, -0.05) is 0 Å². The van der Waals surface area contributed by atoms with E-state index in [0.29, 0.717) is 0 Å². The van der Waals surface area contributed by atoms with Gasteiger partial charge in [0.1, 0.15) is 5.60 Å². The Morgan fingerprint density at radius 3 is 2.29 bits per heavy atom. The molecule has 0 spiro atoms. The number of nitrogens with zero attached hydrogens (tertiary/aromatic N) is 2. The molecule has 5 heteroatoms. The lowest BCUT2D eigenvalue weighted by atomic mass is 10.1. The second-order valence-electron chi connectivity index (χ2n) is 4.66. The highest BCUT2D eigenvalue weighted by Crippen LogP contribution is 2.30. The molecule has 1 atom stereocenters. The van der Waals surface area contributed by atoms with Crippen molar-refractivity contribution in [3.63, 3.8) is 0 Å². The molecule has 1 heterocycles. The summed E-state index contributed by atoms with van der Waals surface area (Å²) in [5.74, 6) is 0. The van der Waals surface area contributed by atoms with Crippen molar-refractivity contribution in [2.75, 3.05) is 0 Å². The Hall–Kier alpha value is -1.13. The van der Waals surface area contributed by atoms with Gasteiger partial charge in [-0.2, -0.15) is 10.2 Å². The van der Waals surface area contributed by atoms with Crippen molar-refractivity contribution in [2.24, 2.45) is 10.2 Å². The zero-order valence-electron chi connectivity index (χ0n) is 9.29. The normalized spacial score (nSPS) is 20.1. The first-order valence-corrected chi connectivity index (χ1v) is 4.66. The number of hydrogen-bond acceptors (Lipinski definition) is 4. The predicted molar refractivity (Wildman–Crippen MR) is 52.1 cm³/mol. The third kappa shape index (κ3) is 2.97. The highest BCUT2D eigenvalue weighted by atomic mass is 16.6. The van der Waals surface area contributed by atoms with Crippen LogP contribution < -0.4 is 5.32 Å². The third-order valence-corrected chi connectivity index (χ3v) is 1.97. The second-order valence-corrected chi connectivity index (χ2v) is 4.66. The van der Waals surface area contributed by atoms with E-state index in [9.17, 15) is 4.79 Å². The molecule has 5 nitrogen and oxygen atoms in total. The van der Waals surface area contributed by atoms with Gasteiger partial charge in [-0.25, -0.2) is 4.79 Å². The predicted octanol–water partition coefficient (Wildman–Crippen LogP) is 2.08. The third-order valence-electron chi connectivity index (χ3n) is 1.97. The summed E-state index contributed by atoms with van der Waals surface area (Å²) in [5.41, 5.74) is -0.917. The van der Waals surface area contributed by atoms with Crippen molar-refractivity contribution >= 4 is 6.09 Å². The van der Waals surface area contributed by atoms with E-state index in [4.69, 9.17) is 4.74 Å². The zero-order valence-corrected chi connectivity index (χ0v) is 9.29. The minimum Gasteiger partial charge on any atom is -0.444 e. The van der Waals surface area contributed by atoms with Gasteiger partial charge in [-0.3, -0.25) is 0 Å². The molecule has 1 rings (SSSR count). The van der Waals surface area contributed by atoms with E-state index in [0.717, 1.165) is 0 Å². The summed E-state index contributed by atoms with van der Waals surface area (Å²) in [4.78, 5) is 11.3. The molecule has 0 bridgehead atoms. The maximum absolute atomic E-state index is 11.3. The number of rotatable bonds is 2. The topological polar surface area (TPSA) is 63.0 Å². The van der Waals surface area contributed by atoms with Crippen molar-refractivity contribution in [3.8, 4) is 0 Å². The number of hydrogen-bond donors (Lipinski definition) is 1. The highest BCUT2D eigenvalue weighted by Gasteiger charge is 2.41. The van der Waals surface area contributed by atoms with Gasteiger partial charge < -0.3 is 10.1 Å². The number of carbonyl (C=O) groups excluding carboxylic acids is 1. The molecule has 0 fully saturated rings. The first-order valence-electron chi connectivity index (χ1n) is 4.66. The van der Waals surface area contributed by atoms with E-state index in [2.05, 4.69) is 15.5 Å². The molecule has 80 valence electrons. The molecule has 0 aromatic heterocycles. The van der Waals surface area contributed by atoms with E-state index < -0.39 is 17.4 Å². The van der Waals surface area contributed by atoms with Crippen LogP contribution in [0.25, 0.3) is 0 Å². The van der Waals surface area contributed by atoms with Crippen LogP contribution in [0.1, 0.15) is 34.6 Å². The quantitative estimate of drug-likeness (QED) is 0.740. The molecule has 14 heavy (non-hydrogen) atoms. The number of nitrogens with one attached hydrogen (secondary N) is 1. The van der Waals surface area contributed by atoms with Crippen molar-refractivity contribution < 1.29 is 9.53 Å². The van der Waals surface area contributed by atoms with Gasteiger partial charge in [-0.05, 0) is 34.6 Å². The van der Waals surface area contributed by atoms with Crippen molar-refractivity contribution in [1.29, 1.82) is 0 Å². The minimum atomic E-state index is -0.470. The van der Waals surface area contributed by atoms with Gasteiger partial charge in [0.15, 0.2) is 0 Å². The fourth-order valence-electron chi connectivity index (χ4n) is 0.873. The van der Waals surface area contributed by atoms with Crippen LogP contribution in [-0.2, 0) is 4.74 Å². The van der Waals surface area contributed by atoms with E-state index in [1.54, 1.807) is 0 Å². The smallest absolute Gasteiger partial charge is 0.408 e. The van der Waals surface area contributed by atoms with E-state index in [1.807, 2.05) is 34.6 Å². The molecule has 0 aliphatic carbocycles. The molecule has 0 aromatic carbocycles. The number of ether oxygens (including phenoxy) is 1. The van der Waals surface area contributed by atoms with Crippen molar-refractivity contribution in [1.82, 2.24) is 5.32 Å². The first-order chi connectivity index (χ1) is 6.23. The van der Waals surface area contributed by atoms with Gasteiger partial charge in [0, 0.05) is 0 Å². The fourth-order valence-corrected chi connectivity index (χ4v) is 0.873. The van der Waals surface area contributed by atoms with Crippen LogP contribution in [0, 0.1) is 0 Å². The summed E-state index contributed by atoms with van der Waals surface area (Å²) in [6.45, 7) is 9.18. The number of alkyl carbamates (subject to hydrolysis) is 1. The van der Waals surface area contributed by atoms with Gasteiger partial charge in [0.2, 0.25) is 5.66 Å². The maximum atomic E-state index is 11.3. The lowest BCUT2D eigenvalue weighted by molar-refractivity contribution is 0.0498. The summed E-state index contributed by atoms with van der Waals surface area (Å²) in [7, 11) is 0. The van der Waals surface area contributed by atoms with Gasteiger partial charge in [-0.15, -0.1) is 0 Å². The molecule has 0 saturated carbocycles. The summed E-state index contributed by atoms with van der Waals surface area (Å²) >= 11 is 0. The van der Waals surface area contributed by atoms with Gasteiger partial charge >= 0.3 is 6.09 Å². The van der Waals surface area contributed by atoms with E-state index in [-0.39, 0.29) is 6.04 Å². The minimum absolute atomic E-state index is 0.127. The zero-order chi connectivity index (χ0) is 11.0. The fraction of sp³-hybridized carbons (Fsp3) is 0.889. The maximum Gasteiger partial charge on any atom is 0.408 e. The average molecular weight is 199 g/mol. The second kappa shape index (κ2) is 3.22. The van der Waals surface area contributed by atoms with E-state index in [1.165, 1.54) is 0 Å². The average Bonchev–Trinajstić information content (AvgIpc) is 2.64. The Bertz CT molecular complexity index is 262. The standard InChI is InChI=1S/C9H17N3O2/c1-6(9(5)11-12-9)10-7(13)14-8(2,3)4/h6H,1-5H3,(H,10,13)/t6-/m0/s1. The monoisotopic (exact) mass is 199 g/mol. The Morgan fingerprint density at radius 2 is 1.93 bits per heavy atom. The van der Waals surface area contributed by atoms with Crippen LogP contribution in [0.2, 0.25) is 0 Å². The van der Waals surface area contributed by atoms with Crippen molar-refractivity contribution in [2.45, 2.75) is 51.9 Å². The van der Waals surface area contributed by atoms with Crippen LogP contribution in [0.4, 0.5) is 4.79 Å². The van der Waals surface area contributed by atoms with Crippen LogP contribution in [-0.4, -0.2) is 23.4 Å². The molecule has 0 aromatic rings. The SMILES string of the molecule is C[C@H](NC(=O)OC(C)(C)C)C1(C)N=N1. The molecular weight excluding hydrogens is 182 g/mol. The summed E-state index contributed by atoms with van der Waals surface area (Å²) in [5, 5.41) is 10.4. The number of amides is 1. The van der Waals surface area contributed by atoms with Gasteiger partial charge in [0.05, 0.1) is 6.04 Å². The number of carbonyl (C=O) groups is 1. The van der Waals surface area contributed by atoms with Crippen LogP contribution >= 0.6 is 0 Å². The molecule has 0 saturated heterocycles. The molecule has 0 unspecified atom stereocenters. The Balaban J connectivity index is 2.34. The van der Waals surface area contributed by atoms with Crippen LogP contribution in [0.3, 0.4) is 0 Å².